The van der Waals surface area contributed by atoms with Crippen molar-refractivity contribution in [3.8, 4) is 34.1 Å². The molecule has 1 unspecified atom stereocenters. The summed E-state index contributed by atoms with van der Waals surface area (Å²) in [5.41, 5.74) is 4.61. The Hall–Kier alpha value is -2.66. The second kappa shape index (κ2) is 17.9. The maximum atomic E-state index is 6.56. The van der Waals surface area contributed by atoms with Gasteiger partial charge < -0.3 is 23.8 Å². The molecule has 1 aliphatic rings. The van der Waals surface area contributed by atoms with E-state index in [0.29, 0.717) is 18.6 Å². The van der Waals surface area contributed by atoms with Crippen LogP contribution in [-0.2, 0) is 6.42 Å². The number of benzene rings is 2. The van der Waals surface area contributed by atoms with Gasteiger partial charge >= 0.3 is 0 Å². The number of hydrogen-bond acceptors (Lipinski definition) is 5. The van der Waals surface area contributed by atoms with Crippen LogP contribution in [0.2, 0.25) is 0 Å². The predicted octanol–water partition coefficient (Wildman–Crippen LogP) is 8.97. The molecule has 1 fully saturated rings. The van der Waals surface area contributed by atoms with E-state index in [4.69, 9.17) is 18.9 Å². The molecule has 0 aromatic heterocycles. The quantitative estimate of drug-likeness (QED) is 0.172. The normalized spacial score (nSPS) is 15.3. The topological polar surface area (TPSA) is 40.2 Å². The summed E-state index contributed by atoms with van der Waals surface area (Å²) in [5, 5.41) is 0. The van der Waals surface area contributed by atoms with Gasteiger partial charge in [0.1, 0.15) is 0 Å². The van der Waals surface area contributed by atoms with Crippen molar-refractivity contribution in [3.63, 3.8) is 0 Å². The van der Waals surface area contributed by atoms with Crippen LogP contribution >= 0.6 is 0 Å². The average molecular weight is 554 g/mol. The molecule has 0 aliphatic carbocycles. The highest BCUT2D eigenvalue weighted by molar-refractivity contribution is 5.71. The van der Waals surface area contributed by atoms with Crippen molar-refractivity contribution in [2.24, 2.45) is 5.92 Å². The number of piperidine rings is 1. The van der Waals surface area contributed by atoms with Crippen LogP contribution in [0.1, 0.15) is 85.6 Å². The number of unbranched alkanes of at least 4 members (excludes halogenated alkanes) is 2. The van der Waals surface area contributed by atoms with Gasteiger partial charge in [-0.2, -0.15) is 0 Å². The number of allylic oxidation sites excluding steroid dienone is 1. The molecule has 1 atom stereocenters. The molecule has 5 heteroatoms. The van der Waals surface area contributed by atoms with Crippen LogP contribution in [0.4, 0.5) is 0 Å². The third-order valence-corrected chi connectivity index (χ3v) is 7.58. The third kappa shape index (κ3) is 10.4. The van der Waals surface area contributed by atoms with E-state index in [9.17, 15) is 0 Å². The number of ether oxygens (including phenoxy) is 4. The van der Waals surface area contributed by atoms with Crippen molar-refractivity contribution in [3.05, 3.63) is 48.0 Å². The van der Waals surface area contributed by atoms with Crippen molar-refractivity contribution in [2.45, 2.75) is 92.5 Å². The molecule has 2 aromatic carbocycles. The molecule has 0 amide bonds. The molecule has 40 heavy (non-hydrogen) atoms. The van der Waals surface area contributed by atoms with E-state index >= 15 is 0 Å². The monoisotopic (exact) mass is 553 g/mol. The molecule has 3 rings (SSSR count). The van der Waals surface area contributed by atoms with Gasteiger partial charge in [0.25, 0.3) is 0 Å². The second-order valence-corrected chi connectivity index (χ2v) is 11.2. The summed E-state index contributed by atoms with van der Waals surface area (Å²) in [4.78, 5) is 2.57. The van der Waals surface area contributed by atoms with Crippen molar-refractivity contribution in [1.82, 2.24) is 4.90 Å². The van der Waals surface area contributed by atoms with Crippen LogP contribution in [0.25, 0.3) is 11.1 Å². The van der Waals surface area contributed by atoms with Crippen molar-refractivity contribution in [2.75, 3.05) is 40.5 Å². The van der Waals surface area contributed by atoms with E-state index in [0.717, 1.165) is 66.5 Å². The Morgan fingerprint density at radius 2 is 1.65 bits per heavy atom. The molecule has 5 nitrogen and oxygen atoms in total. The van der Waals surface area contributed by atoms with Crippen molar-refractivity contribution in [1.29, 1.82) is 0 Å². The molecular weight excluding hydrogens is 498 g/mol. The molecule has 0 radical (unpaired) electrons. The zero-order valence-electron chi connectivity index (χ0n) is 26.6. The lowest BCUT2D eigenvalue weighted by molar-refractivity contribution is 0.105. The molecule has 0 saturated carbocycles. The molecule has 224 valence electrons. The van der Waals surface area contributed by atoms with Gasteiger partial charge in [-0.15, -0.1) is 6.58 Å². The molecule has 2 aromatic rings. The minimum atomic E-state index is 0.536. The van der Waals surface area contributed by atoms with Crippen LogP contribution in [-0.4, -0.2) is 51.5 Å². The maximum absolute atomic E-state index is 6.56. The molecule has 0 N–H and O–H groups in total. The van der Waals surface area contributed by atoms with Crippen molar-refractivity contribution >= 4 is 0 Å². The Balaban J connectivity index is 0.00000103. The van der Waals surface area contributed by atoms with E-state index in [1.807, 2.05) is 19.1 Å². The summed E-state index contributed by atoms with van der Waals surface area (Å²) < 4.78 is 23.9. The van der Waals surface area contributed by atoms with E-state index in [1.165, 1.54) is 43.4 Å². The molecule has 1 heterocycles. The van der Waals surface area contributed by atoms with Gasteiger partial charge in [-0.25, -0.2) is 0 Å². The van der Waals surface area contributed by atoms with Crippen LogP contribution in [0.15, 0.2) is 42.5 Å². The number of aryl methyl sites for hydroxylation is 1. The summed E-state index contributed by atoms with van der Waals surface area (Å²) in [6, 6.07) is 11.0. The van der Waals surface area contributed by atoms with E-state index in [2.05, 4.69) is 64.3 Å². The molecule has 0 spiro atoms. The number of likely N-dealkylation sites (tertiary alicyclic amines) is 1. The highest BCUT2D eigenvalue weighted by atomic mass is 16.5. The fraction of sp³-hybridized carbons (Fsp3) is 0.600. The lowest BCUT2D eigenvalue weighted by atomic mass is 9.97. The first-order chi connectivity index (χ1) is 19.3. The molecule has 1 saturated heterocycles. The smallest absolute Gasteiger partial charge is 0.164 e. The summed E-state index contributed by atoms with van der Waals surface area (Å²) in [6.45, 7) is 20.5. The highest BCUT2D eigenvalue weighted by Gasteiger charge is 2.23. The first-order valence-corrected chi connectivity index (χ1v) is 15.3. The minimum Gasteiger partial charge on any atom is -0.493 e. The lowest BCUT2D eigenvalue weighted by Crippen LogP contribution is -2.41. The molecule has 0 bridgehead atoms. The first-order valence-electron chi connectivity index (χ1n) is 15.3. The number of methoxy groups -OCH3 is 2. The summed E-state index contributed by atoms with van der Waals surface area (Å²) in [6.07, 6.45) is 7.85. The van der Waals surface area contributed by atoms with E-state index in [-0.39, 0.29) is 0 Å². The number of nitrogens with zero attached hydrogens (tertiary/aromatic N) is 1. The van der Waals surface area contributed by atoms with Gasteiger partial charge in [0, 0.05) is 18.5 Å². The Morgan fingerprint density at radius 1 is 0.950 bits per heavy atom. The Bertz CT molecular complexity index is 1030. The number of rotatable bonds is 14. The van der Waals surface area contributed by atoms with Gasteiger partial charge in [-0.3, -0.25) is 0 Å². The number of hydrogen-bond donors (Lipinski definition) is 0. The predicted molar refractivity (Wildman–Crippen MR) is 169 cm³/mol. The summed E-state index contributed by atoms with van der Waals surface area (Å²) in [7, 11) is 3.33. The summed E-state index contributed by atoms with van der Waals surface area (Å²) >= 11 is 0. The fourth-order valence-corrected chi connectivity index (χ4v) is 4.81. The first kappa shape index (κ1) is 33.5. The van der Waals surface area contributed by atoms with Gasteiger partial charge in [-0.05, 0) is 100 Å². The zero-order valence-corrected chi connectivity index (χ0v) is 26.6. The van der Waals surface area contributed by atoms with E-state index in [1.54, 1.807) is 14.2 Å². The fourth-order valence-electron chi connectivity index (χ4n) is 4.81. The SMILES string of the molecule is C=C(C)CC.CCCCCOc1c(CC)cc(-c2ccc(OC)c(OC)c2)cc1OCC1CCCN(C(C)C)C1. The van der Waals surface area contributed by atoms with Crippen LogP contribution in [0.5, 0.6) is 23.0 Å². The average Bonchev–Trinajstić information content (AvgIpc) is 2.98. The Kier molecular flexibility index (Phi) is 15.0. The van der Waals surface area contributed by atoms with Gasteiger partial charge in [-0.1, -0.05) is 45.3 Å². The largest absolute Gasteiger partial charge is 0.493 e. The van der Waals surface area contributed by atoms with Crippen molar-refractivity contribution < 1.29 is 18.9 Å². The minimum absolute atomic E-state index is 0.536. The molecule has 1 aliphatic heterocycles. The Labute approximate surface area is 244 Å². The zero-order chi connectivity index (χ0) is 29.5. The van der Waals surface area contributed by atoms with Crippen LogP contribution in [0.3, 0.4) is 0 Å². The Morgan fingerprint density at radius 3 is 2.25 bits per heavy atom. The molecular formula is C35H55NO4. The lowest BCUT2D eigenvalue weighted by Gasteiger charge is -2.35. The second-order valence-electron chi connectivity index (χ2n) is 11.2. The van der Waals surface area contributed by atoms with E-state index < -0.39 is 0 Å². The van der Waals surface area contributed by atoms with Gasteiger partial charge in [0.15, 0.2) is 23.0 Å². The highest BCUT2D eigenvalue weighted by Crippen LogP contribution is 2.40. The summed E-state index contributed by atoms with van der Waals surface area (Å²) in [5.74, 6) is 3.75. The third-order valence-electron chi connectivity index (χ3n) is 7.58. The van der Waals surface area contributed by atoms with Gasteiger partial charge in [0.05, 0.1) is 27.4 Å². The standard InChI is InChI=1S/C30H45NO4.C5H10/c1-7-9-10-16-34-30-24(8-2)17-26(25-13-14-27(32-5)28(18-25)33-6)19-29(30)35-21-23-12-11-15-31(20-23)22(3)4;1-4-5(2)3/h13-14,17-19,22-23H,7-12,15-16,20-21H2,1-6H3;2,4H2,1,3H3. The van der Waals surface area contributed by atoms with Crippen LogP contribution < -0.4 is 18.9 Å². The van der Waals surface area contributed by atoms with Gasteiger partial charge in [0.2, 0.25) is 0 Å². The maximum Gasteiger partial charge on any atom is 0.164 e. The van der Waals surface area contributed by atoms with Crippen LogP contribution in [0, 0.1) is 5.92 Å².